The number of halogens is 2. The van der Waals surface area contributed by atoms with Crippen LogP contribution >= 0.6 is 0 Å². The van der Waals surface area contributed by atoms with Crippen molar-refractivity contribution in [3.63, 3.8) is 0 Å². The molecule has 0 nitrogen and oxygen atoms in total. The van der Waals surface area contributed by atoms with Crippen LogP contribution in [0.3, 0.4) is 0 Å². The third-order valence-corrected chi connectivity index (χ3v) is 2.63. The first-order valence-electron chi connectivity index (χ1n) is 5.54. The van der Waals surface area contributed by atoms with E-state index in [4.69, 9.17) is 0 Å². The van der Waals surface area contributed by atoms with Crippen molar-refractivity contribution in [2.45, 2.75) is 12.8 Å². The van der Waals surface area contributed by atoms with Crippen LogP contribution < -0.4 is 0 Å². The van der Waals surface area contributed by atoms with Crippen LogP contribution in [0.1, 0.15) is 12.0 Å². The van der Waals surface area contributed by atoms with E-state index in [1.54, 1.807) is 24.3 Å². The highest BCUT2D eigenvalue weighted by molar-refractivity contribution is 5.64. The maximum Gasteiger partial charge on any atom is 0.131 e. The van der Waals surface area contributed by atoms with Crippen LogP contribution in [0.2, 0.25) is 0 Å². The van der Waals surface area contributed by atoms with Crippen LogP contribution in [-0.2, 0) is 6.42 Å². The van der Waals surface area contributed by atoms with E-state index in [2.05, 4.69) is 6.92 Å². The normalized spacial score (nSPS) is 10.5. The molecule has 0 aliphatic heterocycles. The number of hydrogen-bond donors (Lipinski definition) is 0. The molecule has 2 heteroatoms. The molecule has 0 amide bonds. The van der Waals surface area contributed by atoms with Crippen LogP contribution in [0, 0.1) is 18.6 Å². The van der Waals surface area contributed by atoms with Crippen molar-refractivity contribution >= 4 is 0 Å². The maximum absolute atomic E-state index is 13.7. The fourth-order valence-electron chi connectivity index (χ4n) is 1.81. The first kappa shape index (κ1) is 11.8. The first-order valence-corrected chi connectivity index (χ1v) is 5.54. The monoisotopic (exact) mass is 231 g/mol. The Labute approximate surface area is 99.9 Å². The Morgan fingerprint density at radius 1 is 1.00 bits per heavy atom. The molecule has 0 bridgehead atoms. The molecule has 0 saturated heterocycles. The summed E-state index contributed by atoms with van der Waals surface area (Å²) in [6.45, 7) is 3.77. The Morgan fingerprint density at radius 3 is 2.53 bits per heavy atom. The van der Waals surface area contributed by atoms with Crippen LogP contribution in [0.25, 0.3) is 11.1 Å². The molecule has 0 heterocycles. The predicted molar refractivity (Wildman–Crippen MR) is 65.5 cm³/mol. The average Bonchev–Trinajstić information content (AvgIpc) is 2.32. The zero-order valence-corrected chi connectivity index (χ0v) is 9.42. The molecule has 0 unspecified atom stereocenters. The Bertz CT molecular complexity index is 518. The molecular weight excluding hydrogens is 218 g/mol. The third-order valence-electron chi connectivity index (χ3n) is 2.63. The van der Waals surface area contributed by atoms with Gasteiger partial charge >= 0.3 is 0 Å². The Morgan fingerprint density at radius 2 is 1.82 bits per heavy atom. The number of benzene rings is 2. The molecule has 17 heavy (non-hydrogen) atoms. The van der Waals surface area contributed by atoms with Gasteiger partial charge in [-0.05, 0) is 48.2 Å². The van der Waals surface area contributed by atoms with Gasteiger partial charge in [0.15, 0.2) is 0 Å². The molecule has 2 rings (SSSR count). The molecular formula is C15H13F2. The quantitative estimate of drug-likeness (QED) is 0.734. The second kappa shape index (κ2) is 5.09. The van der Waals surface area contributed by atoms with Crippen molar-refractivity contribution in [2.24, 2.45) is 0 Å². The largest absolute Gasteiger partial charge is 0.207 e. The zero-order chi connectivity index (χ0) is 12.3. The van der Waals surface area contributed by atoms with Crippen LogP contribution in [0.15, 0.2) is 42.5 Å². The van der Waals surface area contributed by atoms with Crippen molar-refractivity contribution in [3.8, 4) is 11.1 Å². The molecule has 0 aliphatic carbocycles. The SMILES string of the molecule is [CH2]CCc1ccc(F)c(-c2cccc(F)c2)c1. The lowest BCUT2D eigenvalue weighted by Gasteiger charge is -2.06. The summed E-state index contributed by atoms with van der Waals surface area (Å²) in [5, 5.41) is 0. The molecule has 0 atom stereocenters. The fraction of sp³-hybridized carbons (Fsp3) is 0.133. The minimum absolute atomic E-state index is 0.330. The van der Waals surface area contributed by atoms with Crippen molar-refractivity contribution in [3.05, 3.63) is 66.6 Å². The molecule has 87 valence electrons. The molecule has 0 N–H and O–H groups in total. The summed E-state index contributed by atoms with van der Waals surface area (Å²) < 4.78 is 26.8. The van der Waals surface area contributed by atoms with Gasteiger partial charge in [0, 0.05) is 5.56 Å². The lowest BCUT2D eigenvalue weighted by atomic mass is 10.0. The molecule has 0 aliphatic rings. The summed E-state index contributed by atoms with van der Waals surface area (Å²) in [5.41, 5.74) is 2.02. The summed E-state index contributed by atoms with van der Waals surface area (Å²) in [6.07, 6.45) is 1.55. The minimum Gasteiger partial charge on any atom is -0.207 e. The lowest BCUT2D eigenvalue weighted by Crippen LogP contribution is -1.90. The molecule has 2 aromatic carbocycles. The second-order valence-corrected chi connectivity index (χ2v) is 3.93. The molecule has 0 saturated carbocycles. The zero-order valence-electron chi connectivity index (χ0n) is 9.42. The van der Waals surface area contributed by atoms with Crippen molar-refractivity contribution in [2.75, 3.05) is 0 Å². The van der Waals surface area contributed by atoms with E-state index in [1.165, 1.54) is 18.2 Å². The van der Waals surface area contributed by atoms with E-state index < -0.39 is 0 Å². The summed E-state index contributed by atoms with van der Waals surface area (Å²) >= 11 is 0. The summed E-state index contributed by atoms with van der Waals surface area (Å²) in [6, 6.07) is 10.9. The molecule has 0 aromatic heterocycles. The van der Waals surface area contributed by atoms with Gasteiger partial charge in [0.05, 0.1) is 0 Å². The first-order chi connectivity index (χ1) is 8.20. The van der Waals surface area contributed by atoms with Gasteiger partial charge in [0.25, 0.3) is 0 Å². The van der Waals surface area contributed by atoms with Crippen molar-refractivity contribution in [1.29, 1.82) is 0 Å². The smallest absolute Gasteiger partial charge is 0.131 e. The predicted octanol–water partition coefficient (Wildman–Crippen LogP) is 4.40. The van der Waals surface area contributed by atoms with Crippen molar-refractivity contribution in [1.82, 2.24) is 0 Å². The maximum atomic E-state index is 13.7. The van der Waals surface area contributed by atoms with Gasteiger partial charge < -0.3 is 0 Å². The summed E-state index contributed by atoms with van der Waals surface area (Å²) in [4.78, 5) is 0. The average molecular weight is 231 g/mol. The molecule has 0 fully saturated rings. The van der Waals surface area contributed by atoms with Crippen LogP contribution in [0.5, 0.6) is 0 Å². The van der Waals surface area contributed by atoms with E-state index in [-0.39, 0.29) is 11.6 Å². The standard InChI is InChI=1S/C15H13F2/c1-2-4-11-7-8-15(17)14(9-11)12-5-3-6-13(16)10-12/h3,5-10H,1-2,4H2. The number of hydrogen-bond acceptors (Lipinski definition) is 0. The van der Waals surface area contributed by atoms with Gasteiger partial charge in [0.2, 0.25) is 0 Å². The molecule has 2 aromatic rings. The van der Waals surface area contributed by atoms with Gasteiger partial charge in [-0.25, -0.2) is 8.78 Å². The van der Waals surface area contributed by atoms with Crippen LogP contribution in [-0.4, -0.2) is 0 Å². The number of rotatable bonds is 3. The van der Waals surface area contributed by atoms with Crippen LogP contribution in [0.4, 0.5) is 8.78 Å². The van der Waals surface area contributed by atoms with E-state index in [0.717, 1.165) is 18.4 Å². The Balaban J connectivity index is 2.46. The van der Waals surface area contributed by atoms with Gasteiger partial charge in [-0.15, -0.1) is 0 Å². The van der Waals surface area contributed by atoms with Gasteiger partial charge in [0.1, 0.15) is 11.6 Å². The fourth-order valence-corrected chi connectivity index (χ4v) is 1.81. The van der Waals surface area contributed by atoms with Crippen molar-refractivity contribution < 1.29 is 8.78 Å². The second-order valence-electron chi connectivity index (χ2n) is 3.93. The van der Waals surface area contributed by atoms with E-state index in [0.29, 0.717) is 11.1 Å². The van der Waals surface area contributed by atoms with Gasteiger partial charge in [-0.3, -0.25) is 0 Å². The van der Waals surface area contributed by atoms with E-state index in [1.807, 2.05) is 0 Å². The molecule has 0 spiro atoms. The highest BCUT2D eigenvalue weighted by Gasteiger charge is 2.06. The van der Waals surface area contributed by atoms with Gasteiger partial charge in [-0.2, -0.15) is 0 Å². The third kappa shape index (κ3) is 2.70. The summed E-state index contributed by atoms with van der Waals surface area (Å²) in [5.74, 6) is -0.687. The topological polar surface area (TPSA) is 0 Å². The number of aryl methyl sites for hydroxylation is 1. The van der Waals surface area contributed by atoms with Gasteiger partial charge in [-0.1, -0.05) is 25.1 Å². The Kier molecular flexibility index (Phi) is 3.52. The lowest BCUT2D eigenvalue weighted by molar-refractivity contribution is 0.624. The molecule has 1 radical (unpaired) electrons. The highest BCUT2D eigenvalue weighted by Crippen LogP contribution is 2.25. The van der Waals surface area contributed by atoms with E-state index >= 15 is 0 Å². The summed E-state index contributed by atoms with van der Waals surface area (Å²) in [7, 11) is 0. The Hall–Kier alpha value is -1.70. The highest BCUT2D eigenvalue weighted by atomic mass is 19.1. The minimum atomic E-state index is -0.357. The van der Waals surface area contributed by atoms with E-state index in [9.17, 15) is 8.78 Å².